The van der Waals surface area contributed by atoms with Crippen molar-refractivity contribution in [2.45, 2.75) is 49.5 Å². The highest BCUT2D eigenvalue weighted by Crippen LogP contribution is 2.40. The number of hydrogen-bond donors (Lipinski definition) is 4. The highest BCUT2D eigenvalue weighted by atomic mass is 19.4. The van der Waals surface area contributed by atoms with Gasteiger partial charge in [-0.1, -0.05) is 24.3 Å². The molecular weight excluding hydrogens is 515 g/mol. The summed E-state index contributed by atoms with van der Waals surface area (Å²) in [5.41, 5.74) is -0.383. The van der Waals surface area contributed by atoms with E-state index in [1.807, 2.05) is 24.3 Å². The van der Waals surface area contributed by atoms with Gasteiger partial charge in [0.1, 0.15) is 0 Å². The maximum Gasteiger partial charge on any atom is 0.416 e. The molecular formula is C26H28F3N7O3. The summed E-state index contributed by atoms with van der Waals surface area (Å²) in [4.78, 5) is 26.7. The molecule has 4 N–H and O–H groups in total. The average molecular weight is 544 g/mol. The fraction of sp³-hybridized carbons (Fsp3) is 0.423. The van der Waals surface area contributed by atoms with Gasteiger partial charge in [-0.3, -0.25) is 14.5 Å². The second kappa shape index (κ2) is 10.7. The zero-order valence-corrected chi connectivity index (χ0v) is 20.9. The number of likely N-dealkylation sites (tertiary alicyclic amines) is 1. The van der Waals surface area contributed by atoms with Gasteiger partial charge in [0.05, 0.1) is 23.8 Å². The first kappa shape index (κ1) is 26.8. The lowest BCUT2D eigenvalue weighted by molar-refractivity contribution is -0.137. The van der Waals surface area contributed by atoms with Gasteiger partial charge in [-0.2, -0.15) is 13.2 Å². The van der Waals surface area contributed by atoms with Crippen LogP contribution in [0.1, 0.15) is 47.2 Å². The van der Waals surface area contributed by atoms with Crippen LogP contribution in [0.2, 0.25) is 0 Å². The fourth-order valence-corrected chi connectivity index (χ4v) is 5.25. The van der Waals surface area contributed by atoms with Gasteiger partial charge in [-0.25, -0.2) is 5.10 Å². The number of hydrogen-bond acceptors (Lipinski definition) is 7. The fourth-order valence-electron chi connectivity index (χ4n) is 5.25. The molecule has 10 nitrogen and oxygen atoms in total. The molecule has 1 aliphatic carbocycles. The molecule has 2 heterocycles. The number of nitrogens with one attached hydrogen (secondary N) is 3. The normalized spacial score (nSPS) is 22.2. The summed E-state index contributed by atoms with van der Waals surface area (Å²) in [5, 5.41) is 30.4. The van der Waals surface area contributed by atoms with E-state index < -0.39 is 29.2 Å². The summed E-state index contributed by atoms with van der Waals surface area (Å²) in [5.74, 6) is -0.609. The second-order valence-electron chi connectivity index (χ2n) is 10.1. The molecule has 1 saturated carbocycles. The van der Waals surface area contributed by atoms with E-state index in [-0.39, 0.29) is 18.2 Å². The number of carbonyl (C=O) groups excluding carboxylic acids is 2. The quantitative estimate of drug-likeness (QED) is 0.359. The topological polar surface area (TPSA) is 136 Å². The van der Waals surface area contributed by atoms with Gasteiger partial charge in [0, 0.05) is 30.3 Å². The maximum absolute atomic E-state index is 12.9. The first-order chi connectivity index (χ1) is 18.6. The SMILES string of the molecule is O=C(CNC(=O)c1cccc(C(F)(F)F)c1)NC1CN([C@H]2CC[C@@](O)(c3cccc(-c4nnn[nH]4)c3)CC2)C1. The molecule has 206 valence electrons. The molecule has 3 aromatic rings. The van der Waals surface area contributed by atoms with Crippen LogP contribution in [0.3, 0.4) is 0 Å². The Labute approximate surface area is 222 Å². The van der Waals surface area contributed by atoms with Crippen LogP contribution in [0.5, 0.6) is 0 Å². The van der Waals surface area contributed by atoms with Crippen LogP contribution < -0.4 is 10.6 Å². The lowest BCUT2D eigenvalue weighted by Crippen LogP contribution is -2.63. The summed E-state index contributed by atoms with van der Waals surface area (Å²) in [7, 11) is 0. The van der Waals surface area contributed by atoms with E-state index in [0.29, 0.717) is 37.8 Å². The minimum absolute atomic E-state index is 0.0732. The molecule has 1 aliphatic heterocycles. The minimum Gasteiger partial charge on any atom is -0.385 e. The monoisotopic (exact) mass is 543 g/mol. The van der Waals surface area contributed by atoms with Gasteiger partial charge in [0.15, 0.2) is 5.82 Å². The Morgan fingerprint density at radius 2 is 1.85 bits per heavy atom. The van der Waals surface area contributed by atoms with Crippen molar-refractivity contribution in [3.8, 4) is 11.4 Å². The number of rotatable bonds is 7. The van der Waals surface area contributed by atoms with Crippen LogP contribution in [0.25, 0.3) is 11.4 Å². The highest BCUT2D eigenvalue weighted by molar-refractivity contribution is 5.96. The molecule has 1 aromatic heterocycles. The van der Waals surface area contributed by atoms with Gasteiger partial charge in [0.25, 0.3) is 5.91 Å². The van der Waals surface area contributed by atoms with Crippen molar-refractivity contribution < 1.29 is 27.9 Å². The molecule has 0 unspecified atom stereocenters. The predicted molar refractivity (Wildman–Crippen MR) is 133 cm³/mol. The molecule has 1 saturated heterocycles. The van der Waals surface area contributed by atoms with Crippen molar-refractivity contribution in [3.05, 3.63) is 65.2 Å². The average Bonchev–Trinajstić information content (AvgIpc) is 3.45. The number of amides is 2. The standard InChI is InChI=1S/C26H28F3N7O3/c27-26(28,29)19-6-2-4-17(12-19)24(38)30-13-22(37)31-20-14-36(15-20)21-7-9-25(39,10-8-21)18-5-1-3-16(11-18)23-32-34-35-33-23/h1-6,11-12,20-21,39H,7-10,13-15H2,(H,30,38)(H,31,37)(H,32,33,34,35)/t21-,25-. The molecule has 0 bridgehead atoms. The van der Waals surface area contributed by atoms with E-state index in [1.54, 1.807) is 0 Å². The van der Waals surface area contributed by atoms with Gasteiger partial charge in [-0.05, 0) is 65.9 Å². The summed E-state index contributed by atoms with van der Waals surface area (Å²) in [6.45, 7) is 0.986. The van der Waals surface area contributed by atoms with Gasteiger partial charge in [0.2, 0.25) is 5.91 Å². The zero-order valence-electron chi connectivity index (χ0n) is 20.9. The molecule has 5 rings (SSSR count). The van der Waals surface area contributed by atoms with Gasteiger partial charge >= 0.3 is 6.18 Å². The Morgan fingerprint density at radius 1 is 1.10 bits per heavy atom. The Balaban J connectivity index is 1.05. The Kier molecular flexibility index (Phi) is 7.36. The molecule has 2 aliphatic rings. The van der Waals surface area contributed by atoms with Crippen molar-refractivity contribution in [3.63, 3.8) is 0 Å². The molecule has 13 heteroatoms. The minimum atomic E-state index is -4.55. The van der Waals surface area contributed by atoms with E-state index in [2.05, 4.69) is 36.2 Å². The Morgan fingerprint density at radius 3 is 2.54 bits per heavy atom. The third-order valence-corrected chi connectivity index (χ3v) is 7.45. The summed E-state index contributed by atoms with van der Waals surface area (Å²) >= 11 is 0. The van der Waals surface area contributed by atoms with E-state index in [4.69, 9.17) is 0 Å². The number of halogens is 3. The number of H-pyrrole nitrogens is 1. The summed E-state index contributed by atoms with van der Waals surface area (Å²) in [6.07, 6.45) is -1.74. The van der Waals surface area contributed by atoms with E-state index in [1.165, 1.54) is 6.07 Å². The van der Waals surface area contributed by atoms with Crippen molar-refractivity contribution in [2.24, 2.45) is 0 Å². The van der Waals surface area contributed by atoms with Crippen LogP contribution in [0, 0.1) is 0 Å². The van der Waals surface area contributed by atoms with Crippen LogP contribution in [0.4, 0.5) is 13.2 Å². The van der Waals surface area contributed by atoms with Crippen molar-refractivity contribution >= 4 is 11.8 Å². The number of carbonyl (C=O) groups is 2. The third kappa shape index (κ3) is 6.09. The first-order valence-electron chi connectivity index (χ1n) is 12.7. The highest BCUT2D eigenvalue weighted by Gasteiger charge is 2.40. The summed E-state index contributed by atoms with van der Waals surface area (Å²) < 4.78 is 38.6. The first-order valence-corrected chi connectivity index (χ1v) is 12.7. The molecule has 2 fully saturated rings. The van der Waals surface area contributed by atoms with Crippen LogP contribution in [-0.2, 0) is 16.6 Å². The Hall–Kier alpha value is -3.84. The smallest absolute Gasteiger partial charge is 0.385 e. The number of nitrogens with zero attached hydrogens (tertiary/aromatic N) is 4. The van der Waals surface area contributed by atoms with Gasteiger partial charge in [-0.15, -0.1) is 5.10 Å². The third-order valence-electron chi connectivity index (χ3n) is 7.45. The second-order valence-corrected chi connectivity index (χ2v) is 10.1. The number of benzene rings is 2. The Bertz CT molecular complexity index is 1320. The lowest BCUT2D eigenvalue weighted by Gasteiger charge is -2.48. The lowest BCUT2D eigenvalue weighted by atomic mass is 9.76. The van der Waals surface area contributed by atoms with Crippen molar-refractivity contribution in [1.82, 2.24) is 36.2 Å². The largest absolute Gasteiger partial charge is 0.416 e. The van der Waals surface area contributed by atoms with Crippen LogP contribution in [0.15, 0.2) is 48.5 Å². The van der Waals surface area contributed by atoms with Crippen LogP contribution in [-0.4, -0.2) is 74.2 Å². The van der Waals surface area contributed by atoms with Crippen LogP contribution >= 0.6 is 0 Å². The predicted octanol–water partition coefficient (Wildman–Crippen LogP) is 2.25. The number of aliphatic hydroxyl groups is 1. The molecule has 2 amide bonds. The molecule has 0 radical (unpaired) electrons. The molecule has 0 spiro atoms. The van der Waals surface area contributed by atoms with Gasteiger partial charge < -0.3 is 15.7 Å². The van der Waals surface area contributed by atoms with E-state index >= 15 is 0 Å². The number of aromatic amines is 1. The summed E-state index contributed by atoms with van der Waals surface area (Å²) in [6, 6.07) is 11.9. The number of aromatic nitrogens is 4. The van der Waals surface area contributed by atoms with Crippen molar-refractivity contribution in [1.29, 1.82) is 0 Å². The molecule has 2 aromatic carbocycles. The van der Waals surface area contributed by atoms with E-state index in [0.717, 1.165) is 42.2 Å². The molecule has 39 heavy (non-hydrogen) atoms. The van der Waals surface area contributed by atoms with E-state index in [9.17, 15) is 27.9 Å². The number of alkyl halides is 3. The zero-order chi connectivity index (χ0) is 27.6. The number of tetrazole rings is 1. The maximum atomic E-state index is 12.9. The van der Waals surface area contributed by atoms with Crippen molar-refractivity contribution in [2.75, 3.05) is 19.6 Å². The molecule has 0 atom stereocenters.